The zero-order chi connectivity index (χ0) is 21.9. The molecule has 0 fully saturated rings. The number of unbranched alkanes of at least 4 members (excludes halogenated alkanes) is 4. The third kappa shape index (κ3) is 8.86. The van der Waals surface area contributed by atoms with E-state index in [1.54, 1.807) is 13.8 Å². The van der Waals surface area contributed by atoms with E-state index in [1.165, 1.54) is 19.3 Å². The lowest BCUT2D eigenvalue weighted by atomic mass is 9.85. The molecule has 8 nitrogen and oxygen atoms in total. The fourth-order valence-electron chi connectivity index (χ4n) is 2.93. The van der Waals surface area contributed by atoms with Crippen LogP contribution in [-0.4, -0.2) is 57.7 Å². The van der Waals surface area contributed by atoms with Gasteiger partial charge in [0.15, 0.2) is 5.54 Å². The number of hydrogen-bond donors (Lipinski definition) is 5. The number of carbonyl (C=O) groups excluding carboxylic acids is 1. The van der Waals surface area contributed by atoms with Gasteiger partial charge in [-0.15, -0.1) is 0 Å². The van der Waals surface area contributed by atoms with Gasteiger partial charge in [-0.2, -0.15) is 0 Å². The first-order valence-electron chi connectivity index (χ1n) is 10.3. The summed E-state index contributed by atoms with van der Waals surface area (Å²) in [5.41, 5.74) is 9.17. The van der Waals surface area contributed by atoms with Gasteiger partial charge in [0.25, 0.3) is 0 Å². The van der Waals surface area contributed by atoms with Crippen LogP contribution < -0.4 is 11.5 Å². The molecule has 0 amide bonds. The molecule has 0 aliphatic rings. The number of aliphatic hydroxyl groups is 2. The predicted molar refractivity (Wildman–Crippen MR) is 107 cm³/mol. The second-order valence-corrected chi connectivity index (χ2v) is 8.28. The fraction of sp³-hybridized carbons (Fsp3) is 0.900. The van der Waals surface area contributed by atoms with Gasteiger partial charge in [-0.3, -0.25) is 4.79 Å². The molecule has 0 radical (unpaired) electrons. The van der Waals surface area contributed by atoms with Crippen LogP contribution in [0.5, 0.6) is 0 Å². The van der Waals surface area contributed by atoms with Crippen molar-refractivity contribution in [3.05, 3.63) is 0 Å². The first-order chi connectivity index (χ1) is 13.0. The van der Waals surface area contributed by atoms with Gasteiger partial charge in [0.2, 0.25) is 0 Å². The molecule has 166 valence electrons. The molecule has 5 atom stereocenters. The average molecular weight is 405 g/mol. The summed E-state index contributed by atoms with van der Waals surface area (Å²) in [6.07, 6.45) is 3.62. The topological polar surface area (TPSA) is 156 Å². The average Bonchev–Trinajstić information content (AvgIpc) is 2.63. The number of carboxylic acid groups (broad SMARTS) is 1. The summed E-state index contributed by atoms with van der Waals surface area (Å²) in [4.78, 5) is 23.5. The first kappa shape index (κ1) is 26.8. The van der Waals surface area contributed by atoms with E-state index >= 15 is 0 Å². The summed E-state index contributed by atoms with van der Waals surface area (Å²) in [6.45, 7) is 6.76. The molecule has 0 saturated carbocycles. The highest BCUT2D eigenvalue weighted by molar-refractivity contribution is 5.81. The number of carbonyl (C=O) groups is 2. The standard InChI is InChI=1S/C20H40N2O6/c1-5-6-7-8-9-10-14(4)11-15(23)17(24)20(22,19(26)27)12-28-18(25)16(21)13(2)3/h13-17,23-24H,5-12,21-22H2,1-4H3,(H,26,27). The number of esters is 1. The van der Waals surface area contributed by atoms with Crippen LogP contribution in [0.25, 0.3) is 0 Å². The molecule has 5 unspecified atom stereocenters. The molecule has 8 heteroatoms. The number of aliphatic hydroxyl groups excluding tert-OH is 2. The van der Waals surface area contributed by atoms with Gasteiger partial charge in [0.05, 0.1) is 6.10 Å². The van der Waals surface area contributed by atoms with Crippen LogP contribution in [0.2, 0.25) is 0 Å². The summed E-state index contributed by atoms with van der Waals surface area (Å²) in [6, 6.07) is -0.923. The summed E-state index contributed by atoms with van der Waals surface area (Å²) in [5.74, 6) is -2.45. The van der Waals surface area contributed by atoms with Crippen molar-refractivity contribution < 1.29 is 29.6 Å². The van der Waals surface area contributed by atoms with Gasteiger partial charge in [0, 0.05) is 0 Å². The Kier molecular flexibility index (Phi) is 12.5. The molecule has 0 saturated heterocycles. The van der Waals surface area contributed by atoms with Crippen molar-refractivity contribution in [3.63, 3.8) is 0 Å². The highest BCUT2D eigenvalue weighted by Gasteiger charge is 2.47. The molecule has 0 aliphatic carbocycles. The molecule has 0 bridgehead atoms. The van der Waals surface area contributed by atoms with Crippen molar-refractivity contribution >= 4 is 11.9 Å². The molecule has 0 aliphatic heterocycles. The SMILES string of the molecule is CCCCCCCC(C)CC(O)C(O)C(N)(COC(=O)C(N)C(C)C)C(=O)O. The molecule has 0 rings (SSSR count). The van der Waals surface area contributed by atoms with E-state index in [1.807, 2.05) is 6.92 Å². The van der Waals surface area contributed by atoms with Gasteiger partial charge < -0.3 is 31.5 Å². The quantitative estimate of drug-likeness (QED) is 0.202. The molecule has 28 heavy (non-hydrogen) atoms. The highest BCUT2D eigenvalue weighted by Crippen LogP contribution is 2.22. The molecule has 0 spiro atoms. The number of aliphatic carboxylic acids is 1. The largest absolute Gasteiger partial charge is 0.480 e. The predicted octanol–water partition coefficient (Wildman–Crippen LogP) is 1.40. The number of ether oxygens (including phenoxy) is 1. The number of nitrogens with two attached hydrogens (primary N) is 2. The van der Waals surface area contributed by atoms with E-state index in [4.69, 9.17) is 16.2 Å². The minimum Gasteiger partial charge on any atom is -0.480 e. The number of rotatable bonds is 15. The Hall–Kier alpha value is -1.22. The van der Waals surface area contributed by atoms with E-state index in [0.717, 1.165) is 19.3 Å². The maximum Gasteiger partial charge on any atom is 0.330 e. The van der Waals surface area contributed by atoms with Crippen LogP contribution in [-0.2, 0) is 14.3 Å². The minimum absolute atomic E-state index is 0.0984. The zero-order valence-electron chi connectivity index (χ0n) is 17.8. The van der Waals surface area contributed by atoms with Crippen molar-refractivity contribution in [2.45, 2.75) is 96.4 Å². The Morgan fingerprint density at radius 1 is 1.07 bits per heavy atom. The third-order valence-corrected chi connectivity index (χ3v) is 5.18. The lowest BCUT2D eigenvalue weighted by molar-refractivity contribution is -0.163. The van der Waals surface area contributed by atoms with Crippen molar-refractivity contribution in [1.82, 2.24) is 0 Å². The monoisotopic (exact) mass is 404 g/mol. The van der Waals surface area contributed by atoms with Crippen LogP contribution >= 0.6 is 0 Å². The Bertz CT molecular complexity index is 474. The summed E-state index contributed by atoms with van der Waals surface area (Å²) in [7, 11) is 0. The Morgan fingerprint density at radius 3 is 2.14 bits per heavy atom. The number of hydrogen-bond acceptors (Lipinski definition) is 7. The summed E-state index contributed by atoms with van der Waals surface area (Å²) in [5, 5.41) is 30.1. The third-order valence-electron chi connectivity index (χ3n) is 5.18. The molecule has 0 aromatic heterocycles. The zero-order valence-corrected chi connectivity index (χ0v) is 17.8. The Labute approximate surface area is 168 Å². The smallest absolute Gasteiger partial charge is 0.330 e. The van der Waals surface area contributed by atoms with Gasteiger partial charge in [0.1, 0.15) is 18.8 Å². The maximum atomic E-state index is 11.9. The Morgan fingerprint density at radius 2 is 1.64 bits per heavy atom. The van der Waals surface area contributed by atoms with Crippen molar-refractivity contribution in [1.29, 1.82) is 0 Å². The van der Waals surface area contributed by atoms with E-state index in [2.05, 4.69) is 6.92 Å². The van der Waals surface area contributed by atoms with Crippen LogP contribution in [0.3, 0.4) is 0 Å². The first-order valence-corrected chi connectivity index (χ1v) is 10.3. The fourth-order valence-corrected chi connectivity index (χ4v) is 2.93. The van der Waals surface area contributed by atoms with Crippen molar-refractivity contribution in [2.75, 3.05) is 6.61 Å². The van der Waals surface area contributed by atoms with Crippen LogP contribution in [0.4, 0.5) is 0 Å². The summed E-state index contributed by atoms with van der Waals surface area (Å²) >= 11 is 0. The van der Waals surface area contributed by atoms with Gasteiger partial charge in [-0.05, 0) is 18.3 Å². The molecule has 0 aromatic carbocycles. The van der Waals surface area contributed by atoms with E-state index in [9.17, 15) is 24.9 Å². The van der Waals surface area contributed by atoms with Crippen LogP contribution in [0.1, 0.15) is 72.6 Å². The molecule has 7 N–H and O–H groups in total. The second-order valence-electron chi connectivity index (χ2n) is 8.28. The van der Waals surface area contributed by atoms with E-state index in [-0.39, 0.29) is 18.3 Å². The van der Waals surface area contributed by atoms with Crippen LogP contribution in [0.15, 0.2) is 0 Å². The van der Waals surface area contributed by atoms with Crippen molar-refractivity contribution in [3.8, 4) is 0 Å². The van der Waals surface area contributed by atoms with E-state index < -0.39 is 42.3 Å². The molecular weight excluding hydrogens is 364 g/mol. The Balaban J connectivity index is 4.73. The van der Waals surface area contributed by atoms with E-state index in [0.29, 0.717) is 0 Å². The second kappa shape index (κ2) is 13.1. The lowest BCUT2D eigenvalue weighted by Gasteiger charge is -2.33. The normalized spacial score (nSPS) is 18.2. The van der Waals surface area contributed by atoms with Gasteiger partial charge in [-0.1, -0.05) is 66.2 Å². The lowest BCUT2D eigenvalue weighted by Crippen LogP contribution is -2.64. The van der Waals surface area contributed by atoms with Gasteiger partial charge in [-0.25, -0.2) is 4.79 Å². The van der Waals surface area contributed by atoms with Crippen molar-refractivity contribution in [2.24, 2.45) is 23.3 Å². The van der Waals surface area contributed by atoms with Gasteiger partial charge >= 0.3 is 11.9 Å². The summed E-state index contributed by atoms with van der Waals surface area (Å²) < 4.78 is 4.93. The highest BCUT2D eigenvalue weighted by atomic mass is 16.5. The van der Waals surface area contributed by atoms with Crippen LogP contribution in [0, 0.1) is 11.8 Å². The maximum absolute atomic E-state index is 11.9. The molecule has 0 aromatic rings. The molecular formula is C20H40N2O6. The number of carboxylic acids is 1. The molecule has 0 heterocycles. The minimum atomic E-state index is -2.31.